The largest absolute Gasteiger partial charge is 0.470 e. The Bertz CT molecular complexity index is 319. The van der Waals surface area contributed by atoms with Gasteiger partial charge in [-0.1, -0.05) is 54.4 Å². The molecular weight excluding hydrogens is 308 g/mol. The fraction of sp³-hybridized carbons (Fsp3) is 0.889. The highest BCUT2D eigenvalue weighted by Gasteiger charge is 2.53. The average molecular weight is 345 g/mol. The van der Waals surface area contributed by atoms with E-state index in [0.717, 1.165) is 25.7 Å². The van der Waals surface area contributed by atoms with E-state index in [9.17, 15) is 9.59 Å². The smallest absolute Gasteiger partial charge is 0.312 e. The van der Waals surface area contributed by atoms with Gasteiger partial charge in [0.05, 0.1) is 13.2 Å². The highest BCUT2D eigenvalue weighted by atomic mass is 28.3. The van der Waals surface area contributed by atoms with Crippen molar-refractivity contribution >= 4 is 19.3 Å². The summed E-state index contributed by atoms with van der Waals surface area (Å²) in [4.78, 5) is 25.6. The van der Waals surface area contributed by atoms with Crippen LogP contribution in [0.3, 0.4) is 0 Å². The molecule has 0 atom stereocenters. The van der Waals surface area contributed by atoms with Crippen LogP contribution in [0.5, 0.6) is 0 Å². The van der Waals surface area contributed by atoms with Gasteiger partial charge < -0.3 is 9.47 Å². The molecule has 0 radical (unpaired) electrons. The second-order valence-corrected chi connectivity index (χ2v) is 11.1. The molecule has 0 fully saturated rings. The molecule has 0 aromatic carbocycles. The van der Waals surface area contributed by atoms with Gasteiger partial charge >= 0.3 is 8.07 Å². The van der Waals surface area contributed by atoms with Crippen molar-refractivity contribution in [2.24, 2.45) is 11.8 Å². The molecule has 0 rings (SSSR count). The van der Waals surface area contributed by atoms with Gasteiger partial charge in [0.1, 0.15) is 0 Å². The van der Waals surface area contributed by atoms with Crippen molar-refractivity contribution in [2.45, 2.75) is 79.3 Å². The second kappa shape index (κ2) is 11.7. The van der Waals surface area contributed by atoms with Gasteiger partial charge in [-0.2, -0.15) is 0 Å². The SMILES string of the molecule is CCCCOC(=O)[Si](CC(C)C)(CC(C)C)C(=O)OCCCC. The fourth-order valence-electron chi connectivity index (χ4n) is 2.79. The molecule has 136 valence electrons. The zero-order chi connectivity index (χ0) is 17.9. The van der Waals surface area contributed by atoms with Crippen molar-refractivity contribution in [3.63, 3.8) is 0 Å². The third-order valence-electron chi connectivity index (χ3n) is 3.76. The van der Waals surface area contributed by atoms with Crippen LogP contribution >= 0.6 is 0 Å². The molecule has 0 aliphatic carbocycles. The summed E-state index contributed by atoms with van der Waals surface area (Å²) in [6.07, 6.45) is 3.61. The Morgan fingerprint density at radius 2 is 1.13 bits per heavy atom. The predicted octanol–water partition coefficient (Wildman–Crippen LogP) is 5.78. The van der Waals surface area contributed by atoms with Crippen molar-refractivity contribution in [1.29, 1.82) is 0 Å². The van der Waals surface area contributed by atoms with Gasteiger partial charge in [-0.3, -0.25) is 9.59 Å². The molecule has 0 N–H and O–H groups in total. The maximum atomic E-state index is 12.8. The van der Waals surface area contributed by atoms with Crippen molar-refractivity contribution in [2.75, 3.05) is 13.2 Å². The maximum Gasteiger partial charge on any atom is 0.312 e. The molecule has 5 heteroatoms. The van der Waals surface area contributed by atoms with E-state index < -0.39 is 8.07 Å². The summed E-state index contributed by atoms with van der Waals surface area (Å²) in [6.45, 7) is 13.1. The van der Waals surface area contributed by atoms with Crippen molar-refractivity contribution in [3.05, 3.63) is 0 Å². The minimum absolute atomic E-state index is 0.269. The Labute approximate surface area is 143 Å². The first-order valence-corrected chi connectivity index (χ1v) is 11.6. The lowest BCUT2D eigenvalue weighted by molar-refractivity contribution is 0.157. The van der Waals surface area contributed by atoms with Crippen LogP contribution < -0.4 is 0 Å². The molecule has 4 nitrogen and oxygen atoms in total. The van der Waals surface area contributed by atoms with E-state index in [1.54, 1.807) is 0 Å². The minimum Gasteiger partial charge on any atom is -0.470 e. The topological polar surface area (TPSA) is 52.6 Å². The monoisotopic (exact) mass is 344 g/mol. The molecule has 0 bridgehead atoms. The summed E-state index contributed by atoms with van der Waals surface area (Å²) in [5.74, 6) is 0.552. The van der Waals surface area contributed by atoms with Crippen LogP contribution in [0.1, 0.15) is 67.2 Å². The lowest BCUT2D eigenvalue weighted by Gasteiger charge is -2.29. The average Bonchev–Trinajstić information content (AvgIpc) is 2.45. The van der Waals surface area contributed by atoms with Crippen LogP contribution in [0, 0.1) is 11.8 Å². The first-order valence-electron chi connectivity index (χ1n) is 9.14. The van der Waals surface area contributed by atoms with Crippen LogP contribution in [-0.2, 0) is 9.47 Å². The van der Waals surface area contributed by atoms with Gasteiger partial charge in [0.2, 0.25) is 0 Å². The molecule has 0 unspecified atom stereocenters. The van der Waals surface area contributed by atoms with E-state index in [2.05, 4.69) is 41.5 Å². The maximum absolute atomic E-state index is 12.8. The van der Waals surface area contributed by atoms with E-state index in [1.165, 1.54) is 0 Å². The fourth-order valence-corrected chi connectivity index (χ4v) is 7.33. The third kappa shape index (κ3) is 8.00. The van der Waals surface area contributed by atoms with Crippen LogP contribution in [0.2, 0.25) is 12.1 Å². The Balaban J connectivity index is 5.30. The van der Waals surface area contributed by atoms with Gasteiger partial charge in [-0.15, -0.1) is 0 Å². The summed E-state index contributed by atoms with van der Waals surface area (Å²) in [7, 11) is -2.95. The quantitative estimate of drug-likeness (QED) is 0.332. The van der Waals surface area contributed by atoms with E-state index in [0.29, 0.717) is 25.3 Å². The normalized spacial score (nSPS) is 11.8. The molecule has 0 spiro atoms. The molecule has 0 saturated heterocycles. The predicted molar refractivity (Wildman–Crippen MR) is 97.6 cm³/mol. The van der Waals surface area contributed by atoms with Gasteiger partial charge in [0.15, 0.2) is 0 Å². The summed E-state index contributed by atoms with van der Waals surface area (Å²) in [5.41, 5.74) is -0.537. The minimum atomic E-state index is -2.95. The molecule has 23 heavy (non-hydrogen) atoms. The first kappa shape index (κ1) is 22.2. The molecule has 0 saturated carbocycles. The molecule has 0 amide bonds. The number of ether oxygens (including phenoxy) is 2. The van der Waals surface area contributed by atoms with Crippen molar-refractivity contribution in [3.8, 4) is 0 Å². The second-order valence-electron chi connectivity index (χ2n) is 7.26. The van der Waals surface area contributed by atoms with E-state index in [1.807, 2.05) is 0 Å². The summed E-state index contributed by atoms with van der Waals surface area (Å²) < 4.78 is 11.0. The molecule has 0 aromatic heterocycles. The zero-order valence-electron chi connectivity index (χ0n) is 15.9. The summed E-state index contributed by atoms with van der Waals surface area (Å²) in [6, 6.07) is 1.22. The third-order valence-corrected chi connectivity index (χ3v) is 8.64. The van der Waals surface area contributed by atoms with Crippen LogP contribution in [0.15, 0.2) is 0 Å². The number of hydrogen-bond donors (Lipinski definition) is 0. The zero-order valence-corrected chi connectivity index (χ0v) is 16.9. The Morgan fingerprint density at radius 3 is 1.39 bits per heavy atom. The molecule has 0 aliphatic heterocycles. The first-order chi connectivity index (χ1) is 10.8. The van der Waals surface area contributed by atoms with E-state index in [4.69, 9.17) is 9.47 Å². The number of hydrogen-bond acceptors (Lipinski definition) is 4. The number of carbonyl (C=O) groups excluding carboxylic acids is 2. The lowest BCUT2D eigenvalue weighted by atomic mass is 10.3. The summed E-state index contributed by atoms with van der Waals surface area (Å²) in [5, 5.41) is 0. The van der Waals surface area contributed by atoms with Crippen LogP contribution in [0.4, 0.5) is 9.59 Å². The highest BCUT2D eigenvalue weighted by Crippen LogP contribution is 2.29. The number of rotatable bonds is 12. The van der Waals surface area contributed by atoms with E-state index >= 15 is 0 Å². The Kier molecular flexibility index (Phi) is 11.2. The van der Waals surface area contributed by atoms with Gasteiger partial charge in [0, 0.05) is 0 Å². The summed E-state index contributed by atoms with van der Waals surface area (Å²) >= 11 is 0. The standard InChI is InChI=1S/C18H36O4Si/c1-7-9-11-21-17(19)23(13-15(3)4,14-16(5)6)18(20)22-12-10-8-2/h15-16H,7-14H2,1-6H3. The molecule has 0 aliphatic rings. The van der Waals surface area contributed by atoms with Crippen LogP contribution in [-0.4, -0.2) is 32.5 Å². The van der Waals surface area contributed by atoms with Crippen molar-refractivity contribution in [1.82, 2.24) is 0 Å². The number of carbonyl (C=O) groups is 2. The lowest BCUT2D eigenvalue weighted by Crippen LogP contribution is -2.54. The Hall–Kier alpha value is -0.843. The van der Waals surface area contributed by atoms with Crippen molar-refractivity contribution < 1.29 is 19.1 Å². The van der Waals surface area contributed by atoms with Crippen LogP contribution in [0.25, 0.3) is 0 Å². The number of unbranched alkanes of at least 4 members (excludes halogenated alkanes) is 2. The Morgan fingerprint density at radius 1 is 0.783 bits per heavy atom. The van der Waals surface area contributed by atoms with E-state index in [-0.39, 0.29) is 23.0 Å². The van der Waals surface area contributed by atoms with Gasteiger partial charge in [-0.25, -0.2) is 0 Å². The molecule has 0 aromatic rings. The van der Waals surface area contributed by atoms with Gasteiger partial charge in [0.25, 0.3) is 11.2 Å². The van der Waals surface area contributed by atoms with Gasteiger partial charge in [-0.05, 0) is 36.8 Å². The molecule has 0 heterocycles. The molecular formula is C18H36O4Si. The highest BCUT2D eigenvalue weighted by molar-refractivity contribution is 7.23.